The Bertz CT molecular complexity index is 807. The molecule has 2 aromatic rings. The molecular formula is C20H23NO6. The number of amides is 1. The molecule has 0 fully saturated rings. The van der Waals surface area contributed by atoms with E-state index in [9.17, 15) is 14.7 Å². The predicted molar refractivity (Wildman–Crippen MR) is 99.2 cm³/mol. The van der Waals surface area contributed by atoms with Crippen LogP contribution in [0, 0.1) is 0 Å². The highest BCUT2D eigenvalue weighted by Gasteiger charge is 2.32. The minimum Gasteiger partial charge on any atom is -0.497 e. The summed E-state index contributed by atoms with van der Waals surface area (Å²) in [4.78, 5) is 23.8. The molecule has 0 heterocycles. The molecule has 0 aliphatic carbocycles. The molecule has 0 spiro atoms. The molecular weight excluding hydrogens is 350 g/mol. The lowest BCUT2D eigenvalue weighted by atomic mass is 9.88. The number of nitrogens with one attached hydrogen (secondary N) is 1. The fourth-order valence-corrected chi connectivity index (χ4v) is 2.71. The third kappa shape index (κ3) is 5.37. The summed E-state index contributed by atoms with van der Waals surface area (Å²) in [6, 6.07) is 13.9. The largest absolute Gasteiger partial charge is 0.497 e. The van der Waals surface area contributed by atoms with E-state index in [-0.39, 0.29) is 13.0 Å². The van der Waals surface area contributed by atoms with E-state index in [1.165, 1.54) is 14.2 Å². The number of benzene rings is 2. The average molecular weight is 373 g/mol. The molecule has 1 atom stereocenters. The topological polar surface area (TPSA) is 94.1 Å². The number of carbonyl (C=O) groups is 2. The minimum absolute atomic E-state index is 0.278. The molecule has 27 heavy (non-hydrogen) atoms. The van der Waals surface area contributed by atoms with Gasteiger partial charge in [-0.05, 0) is 36.8 Å². The molecule has 2 aromatic carbocycles. The van der Waals surface area contributed by atoms with Gasteiger partial charge in [0.05, 0.1) is 26.2 Å². The number of hydrogen-bond donors (Lipinski definition) is 2. The first-order chi connectivity index (χ1) is 12.9. The summed E-state index contributed by atoms with van der Waals surface area (Å²) in [6.07, 6.45) is -0.291. The van der Waals surface area contributed by atoms with Crippen molar-refractivity contribution in [2.45, 2.75) is 18.9 Å². The summed E-state index contributed by atoms with van der Waals surface area (Å²) >= 11 is 0. The van der Waals surface area contributed by atoms with Gasteiger partial charge in [-0.15, -0.1) is 0 Å². The molecule has 2 rings (SSSR count). The maximum Gasteiger partial charge on any atom is 0.306 e. The number of ether oxygens (including phenoxy) is 3. The Labute approximate surface area is 157 Å². The molecule has 0 aliphatic heterocycles. The molecule has 7 nitrogen and oxygen atoms in total. The number of rotatable bonds is 9. The van der Waals surface area contributed by atoms with Crippen molar-refractivity contribution >= 4 is 11.9 Å². The van der Waals surface area contributed by atoms with Crippen molar-refractivity contribution in [3.63, 3.8) is 0 Å². The lowest BCUT2D eigenvalue weighted by Gasteiger charge is -2.30. The molecule has 0 bridgehead atoms. The highest BCUT2D eigenvalue weighted by Crippen LogP contribution is 2.28. The molecule has 0 saturated heterocycles. The number of aliphatic carboxylic acids is 1. The van der Waals surface area contributed by atoms with Crippen LogP contribution >= 0.6 is 0 Å². The second kappa shape index (κ2) is 8.93. The van der Waals surface area contributed by atoms with Crippen LogP contribution in [0.25, 0.3) is 0 Å². The van der Waals surface area contributed by atoms with E-state index in [0.717, 1.165) is 0 Å². The molecule has 0 radical (unpaired) electrons. The zero-order chi connectivity index (χ0) is 19.9. The zero-order valence-corrected chi connectivity index (χ0v) is 15.5. The zero-order valence-electron chi connectivity index (χ0n) is 15.5. The standard InChI is InChI=1S/C20H23NO6/c1-20(12-19(23)24,14-7-6-8-15(11-14)25-2)21-18(22)13-27-17-10-5-4-9-16(17)26-3/h4-11H,12-13H2,1-3H3,(H,21,22)(H,23,24). The van der Waals surface area contributed by atoms with Gasteiger partial charge in [0.2, 0.25) is 0 Å². The first-order valence-corrected chi connectivity index (χ1v) is 8.31. The third-order valence-corrected chi connectivity index (χ3v) is 4.05. The first-order valence-electron chi connectivity index (χ1n) is 8.31. The van der Waals surface area contributed by atoms with Gasteiger partial charge in [-0.2, -0.15) is 0 Å². The highest BCUT2D eigenvalue weighted by atomic mass is 16.5. The van der Waals surface area contributed by atoms with Gasteiger partial charge in [0, 0.05) is 0 Å². The summed E-state index contributed by atoms with van der Waals surface area (Å²) in [5.74, 6) is 0.0187. The number of carbonyl (C=O) groups excluding carboxylic acids is 1. The summed E-state index contributed by atoms with van der Waals surface area (Å²) in [6.45, 7) is 1.37. The fourth-order valence-electron chi connectivity index (χ4n) is 2.71. The van der Waals surface area contributed by atoms with Crippen molar-refractivity contribution < 1.29 is 28.9 Å². The van der Waals surface area contributed by atoms with Gasteiger partial charge in [0.1, 0.15) is 5.75 Å². The molecule has 1 unspecified atom stereocenters. The quantitative estimate of drug-likeness (QED) is 0.702. The number of hydrogen-bond acceptors (Lipinski definition) is 5. The number of carboxylic acids is 1. The van der Waals surface area contributed by atoms with Crippen LogP contribution in [-0.4, -0.2) is 37.8 Å². The number of para-hydroxylation sites is 2. The summed E-state index contributed by atoms with van der Waals surface area (Å²) in [5, 5.41) is 12.1. The molecule has 0 aliphatic rings. The Balaban J connectivity index is 2.15. The van der Waals surface area contributed by atoms with E-state index < -0.39 is 17.4 Å². The maximum atomic E-state index is 12.4. The molecule has 7 heteroatoms. The van der Waals surface area contributed by atoms with E-state index in [1.807, 2.05) is 0 Å². The van der Waals surface area contributed by atoms with Crippen molar-refractivity contribution in [2.75, 3.05) is 20.8 Å². The predicted octanol–water partition coefficient (Wildman–Crippen LogP) is 2.59. The van der Waals surface area contributed by atoms with Gasteiger partial charge in [-0.1, -0.05) is 24.3 Å². The monoisotopic (exact) mass is 373 g/mol. The van der Waals surface area contributed by atoms with Crippen molar-refractivity contribution in [3.8, 4) is 17.2 Å². The summed E-state index contributed by atoms with van der Waals surface area (Å²) < 4.78 is 15.9. The Morgan fingerprint density at radius 1 is 1.04 bits per heavy atom. The maximum absolute atomic E-state index is 12.4. The Kier molecular flexibility index (Phi) is 6.65. The molecule has 2 N–H and O–H groups in total. The Morgan fingerprint density at radius 2 is 1.74 bits per heavy atom. The highest BCUT2D eigenvalue weighted by molar-refractivity contribution is 5.80. The first kappa shape index (κ1) is 20.1. The average Bonchev–Trinajstić information content (AvgIpc) is 2.66. The molecule has 144 valence electrons. The minimum atomic E-state index is -1.12. The lowest BCUT2D eigenvalue weighted by Crippen LogP contribution is -2.46. The molecule has 0 aromatic heterocycles. The van der Waals surface area contributed by atoms with Gasteiger partial charge in [-0.25, -0.2) is 0 Å². The smallest absolute Gasteiger partial charge is 0.306 e. The summed E-state index contributed by atoms with van der Waals surface area (Å²) in [7, 11) is 3.03. The number of carboxylic acid groups (broad SMARTS) is 1. The van der Waals surface area contributed by atoms with E-state index in [2.05, 4.69) is 5.32 Å². The van der Waals surface area contributed by atoms with E-state index in [4.69, 9.17) is 14.2 Å². The Hall–Kier alpha value is -3.22. The van der Waals surface area contributed by atoms with Crippen LogP contribution < -0.4 is 19.5 Å². The van der Waals surface area contributed by atoms with E-state index in [1.54, 1.807) is 55.5 Å². The van der Waals surface area contributed by atoms with E-state index >= 15 is 0 Å². The lowest BCUT2D eigenvalue weighted by molar-refractivity contribution is -0.139. The van der Waals surface area contributed by atoms with E-state index in [0.29, 0.717) is 22.8 Å². The van der Waals surface area contributed by atoms with Crippen LogP contribution in [0.2, 0.25) is 0 Å². The van der Waals surface area contributed by atoms with Crippen molar-refractivity contribution in [1.82, 2.24) is 5.32 Å². The van der Waals surface area contributed by atoms with Crippen LogP contribution in [0.5, 0.6) is 17.2 Å². The van der Waals surface area contributed by atoms with Gasteiger partial charge >= 0.3 is 5.97 Å². The van der Waals surface area contributed by atoms with Crippen molar-refractivity contribution in [1.29, 1.82) is 0 Å². The van der Waals surface area contributed by atoms with Crippen molar-refractivity contribution in [3.05, 3.63) is 54.1 Å². The fraction of sp³-hybridized carbons (Fsp3) is 0.300. The van der Waals surface area contributed by atoms with Crippen LogP contribution in [-0.2, 0) is 15.1 Å². The second-order valence-electron chi connectivity index (χ2n) is 6.12. The molecule has 0 saturated carbocycles. The van der Waals surface area contributed by atoms with Crippen LogP contribution in [0.1, 0.15) is 18.9 Å². The second-order valence-corrected chi connectivity index (χ2v) is 6.12. The van der Waals surface area contributed by atoms with Crippen molar-refractivity contribution in [2.24, 2.45) is 0 Å². The number of methoxy groups -OCH3 is 2. The van der Waals surface area contributed by atoms with Crippen LogP contribution in [0.3, 0.4) is 0 Å². The van der Waals surface area contributed by atoms with Gasteiger partial charge in [0.25, 0.3) is 5.91 Å². The van der Waals surface area contributed by atoms with Gasteiger partial charge < -0.3 is 24.6 Å². The Morgan fingerprint density at radius 3 is 2.37 bits per heavy atom. The van der Waals surface area contributed by atoms with Crippen LogP contribution in [0.4, 0.5) is 0 Å². The molecule has 1 amide bonds. The SMILES string of the molecule is COc1cccc(C(C)(CC(=O)O)NC(=O)COc2ccccc2OC)c1. The van der Waals surface area contributed by atoms with Gasteiger partial charge in [0.15, 0.2) is 18.1 Å². The summed E-state index contributed by atoms with van der Waals surface area (Å²) in [5.41, 5.74) is -0.503. The third-order valence-electron chi connectivity index (χ3n) is 4.05. The van der Waals surface area contributed by atoms with Crippen LogP contribution in [0.15, 0.2) is 48.5 Å². The van der Waals surface area contributed by atoms with Gasteiger partial charge in [-0.3, -0.25) is 9.59 Å². The normalized spacial score (nSPS) is 12.6.